The van der Waals surface area contributed by atoms with Crippen LogP contribution in [-0.4, -0.2) is 37.1 Å². The van der Waals surface area contributed by atoms with Crippen molar-refractivity contribution in [1.29, 1.82) is 0 Å². The molecule has 14 heavy (non-hydrogen) atoms. The lowest BCUT2D eigenvalue weighted by molar-refractivity contribution is 0.233. The Hall–Kier alpha value is -0.340. The van der Waals surface area contributed by atoms with Gasteiger partial charge < -0.3 is 10.2 Å². The number of hydrogen-bond donors (Lipinski definition) is 1. The highest BCUT2D eigenvalue weighted by Gasteiger charge is 2.24. The number of nitrogens with zero attached hydrogens (tertiary/aromatic N) is 1. The molecule has 1 saturated carbocycles. The van der Waals surface area contributed by atoms with Crippen LogP contribution in [0.25, 0.3) is 0 Å². The van der Waals surface area contributed by atoms with E-state index < -0.39 is 0 Å². The lowest BCUT2D eigenvalue weighted by Crippen LogP contribution is -2.40. The van der Waals surface area contributed by atoms with Gasteiger partial charge in [0.1, 0.15) is 0 Å². The van der Waals surface area contributed by atoms with Crippen molar-refractivity contribution in [1.82, 2.24) is 10.2 Å². The van der Waals surface area contributed by atoms with E-state index in [-0.39, 0.29) is 0 Å². The largest absolute Gasteiger partial charge is 0.309 e. The van der Waals surface area contributed by atoms with Crippen molar-refractivity contribution >= 4 is 0 Å². The molecule has 1 aliphatic heterocycles. The number of nitrogens with one attached hydrogen (secondary N) is 1. The van der Waals surface area contributed by atoms with Gasteiger partial charge in [-0.05, 0) is 32.9 Å². The van der Waals surface area contributed by atoms with Crippen molar-refractivity contribution in [3.8, 4) is 0 Å². The van der Waals surface area contributed by atoms with Crippen LogP contribution in [0.2, 0.25) is 0 Å². The smallest absolute Gasteiger partial charge is 0.0406 e. The average molecular weight is 194 g/mol. The first-order chi connectivity index (χ1) is 6.77. The summed E-state index contributed by atoms with van der Waals surface area (Å²) in [6.07, 6.45) is 6.82. The van der Waals surface area contributed by atoms with Crippen molar-refractivity contribution in [3.63, 3.8) is 0 Å². The zero-order valence-electron chi connectivity index (χ0n) is 9.26. The van der Waals surface area contributed by atoms with Gasteiger partial charge in [-0.3, -0.25) is 0 Å². The van der Waals surface area contributed by atoms with Crippen LogP contribution in [0.4, 0.5) is 0 Å². The van der Waals surface area contributed by atoms with E-state index in [0.29, 0.717) is 6.04 Å². The van der Waals surface area contributed by atoms with Gasteiger partial charge in [-0.25, -0.2) is 0 Å². The molecule has 0 radical (unpaired) electrons. The highest BCUT2D eigenvalue weighted by Crippen LogP contribution is 2.23. The minimum absolute atomic E-state index is 0.556. The monoisotopic (exact) mass is 194 g/mol. The van der Waals surface area contributed by atoms with Gasteiger partial charge in [-0.1, -0.05) is 25.0 Å². The Morgan fingerprint density at radius 3 is 2.71 bits per heavy atom. The molecule has 2 fully saturated rings. The van der Waals surface area contributed by atoms with Gasteiger partial charge in [0.15, 0.2) is 0 Å². The summed E-state index contributed by atoms with van der Waals surface area (Å²) < 4.78 is 0. The van der Waals surface area contributed by atoms with Crippen LogP contribution in [-0.2, 0) is 0 Å². The molecule has 1 atom stereocenters. The molecule has 1 N–H and O–H groups in total. The second-order valence-corrected chi connectivity index (χ2v) is 4.79. The van der Waals surface area contributed by atoms with Crippen molar-refractivity contribution in [3.05, 3.63) is 12.2 Å². The van der Waals surface area contributed by atoms with Crippen molar-refractivity contribution in [2.24, 2.45) is 0 Å². The fourth-order valence-electron chi connectivity index (χ4n) is 2.70. The molecule has 1 unspecified atom stereocenters. The Kier molecular flexibility index (Phi) is 3.24. The molecule has 0 aromatic carbocycles. The van der Waals surface area contributed by atoms with E-state index in [1.165, 1.54) is 37.7 Å². The molecule has 1 heterocycles. The first-order valence-electron chi connectivity index (χ1n) is 5.88. The van der Waals surface area contributed by atoms with Crippen LogP contribution < -0.4 is 5.32 Å². The molecule has 0 spiro atoms. The summed E-state index contributed by atoms with van der Waals surface area (Å²) >= 11 is 0. The van der Waals surface area contributed by atoms with Crippen LogP contribution in [0.3, 0.4) is 0 Å². The zero-order chi connectivity index (χ0) is 9.97. The average Bonchev–Trinajstić information content (AvgIpc) is 2.77. The number of hydrogen-bond acceptors (Lipinski definition) is 2. The molecule has 1 saturated heterocycles. The Balaban J connectivity index is 1.80. The number of rotatable bonds is 3. The molecule has 80 valence electrons. The maximum atomic E-state index is 4.13. The Morgan fingerprint density at radius 1 is 1.43 bits per heavy atom. The highest BCUT2D eigenvalue weighted by atomic mass is 15.2. The molecule has 2 heteroatoms. The maximum absolute atomic E-state index is 4.13. The third kappa shape index (κ3) is 2.18. The van der Waals surface area contributed by atoms with Crippen LogP contribution >= 0.6 is 0 Å². The first kappa shape index (κ1) is 10.2. The van der Waals surface area contributed by atoms with Gasteiger partial charge in [0.25, 0.3) is 0 Å². The van der Waals surface area contributed by atoms with E-state index in [1.807, 2.05) is 0 Å². The van der Waals surface area contributed by atoms with E-state index in [1.54, 1.807) is 0 Å². The summed E-state index contributed by atoms with van der Waals surface area (Å²) in [7, 11) is 2.27. The molecule has 2 aliphatic rings. The van der Waals surface area contributed by atoms with Gasteiger partial charge in [-0.2, -0.15) is 0 Å². The summed E-state index contributed by atoms with van der Waals surface area (Å²) in [5.74, 6) is 0. The van der Waals surface area contributed by atoms with Crippen LogP contribution in [0.15, 0.2) is 12.2 Å². The maximum Gasteiger partial charge on any atom is 0.0406 e. The fraction of sp³-hybridized carbons (Fsp3) is 0.833. The summed E-state index contributed by atoms with van der Waals surface area (Å²) in [6, 6.07) is 1.39. The van der Waals surface area contributed by atoms with Gasteiger partial charge in [0.2, 0.25) is 0 Å². The molecule has 0 amide bonds. The minimum Gasteiger partial charge on any atom is -0.309 e. The zero-order valence-corrected chi connectivity index (χ0v) is 9.26. The molecule has 0 aromatic heterocycles. The summed E-state index contributed by atoms with van der Waals surface area (Å²) in [5, 5.41) is 3.52. The molecule has 2 nitrogen and oxygen atoms in total. The molecular formula is C12H22N2. The predicted molar refractivity (Wildman–Crippen MR) is 60.4 cm³/mol. The highest BCUT2D eigenvalue weighted by molar-refractivity contribution is 5.12. The molecular weight excluding hydrogens is 172 g/mol. The van der Waals surface area contributed by atoms with Crippen molar-refractivity contribution in [2.75, 3.05) is 20.1 Å². The quantitative estimate of drug-likeness (QED) is 0.689. The second kappa shape index (κ2) is 4.45. The van der Waals surface area contributed by atoms with Gasteiger partial charge >= 0.3 is 0 Å². The summed E-state index contributed by atoms with van der Waals surface area (Å²) in [6.45, 7) is 6.41. The lowest BCUT2D eigenvalue weighted by Gasteiger charge is -2.27. The molecule has 1 aliphatic carbocycles. The predicted octanol–water partition coefficient (Wildman–Crippen LogP) is 1.78. The first-order valence-corrected chi connectivity index (χ1v) is 5.88. The van der Waals surface area contributed by atoms with Gasteiger partial charge in [-0.15, -0.1) is 0 Å². The second-order valence-electron chi connectivity index (χ2n) is 4.79. The van der Waals surface area contributed by atoms with E-state index in [0.717, 1.165) is 19.1 Å². The summed E-state index contributed by atoms with van der Waals surface area (Å²) in [4.78, 5) is 2.53. The van der Waals surface area contributed by atoms with E-state index in [2.05, 4.69) is 23.8 Å². The standard InChI is InChI=1S/C12H22N2/c1-10-7-8-13-12(10)9-14(2)11-5-3-4-6-11/h11-13H,1,3-9H2,2H3. The SMILES string of the molecule is C=C1CCNC1CN(C)C1CCCC1. The fourth-order valence-corrected chi connectivity index (χ4v) is 2.70. The molecule has 0 bridgehead atoms. The van der Waals surface area contributed by atoms with Crippen LogP contribution in [0, 0.1) is 0 Å². The Morgan fingerprint density at radius 2 is 2.14 bits per heavy atom. The van der Waals surface area contributed by atoms with Crippen LogP contribution in [0.5, 0.6) is 0 Å². The third-order valence-corrected chi connectivity index (χ3v) is 3.75. The molecule has 2 rings (SSSR count). The Labute approximate surface area is 87.4 Å². The van der Waals surface area contributed by atoms with Crippen molar-refractivity contribution < 1.29 is 0 Å². The summed E-state index contributed by atoms with van der Waals surface area (Å²) in [5.41, 5.74) is 1.40. The van der Waals surface area contributed by atoms with E-state index >= 15 is 0 Å². The molecule has 0 aromatic rings. The minimum atomic E-state index is 0.556. The van der Waals surface area contributed by atoms with E-state index in [9.17, 15) is 0 Å². The van der Waals surface area contributed by atoms with Gasteiger partial charge in [0, 0.05) is 18.6 Å². The van der Waals surface area contributed by atoms with Crippen molar-refractivity contribution in [2.45, 2.75) is 44.2 Å². The van der Waals surface area contributed by atoms with E-state index in [4.69, 9.17) is 0 Å². The Bertz CT molecular complexity index is 206. The third-order valence-electron chi connectivity index (χ3n) is 3.75. The van der Waals surface area contributed by atoms with Gasteiger partial charge in [0.05, 0.1) is 0 Å². The number of likely N-dealkylation sites (N-methyl/N-ethyl adjacent to an activating group) is 1. The normalized spacial score (nSPS) is 29.3. The topological polar surface area (TPSA) is 15.3 Å². The van der Waals surface area contributed by atoms with Crippen LogP contribution in [0.1, 0.15) is 32.1 Å². The lowest BCUT2D eigenvalue weighted by atomic mass is 10.1.